The first-order valence-corrected chi connectivity index (χ1v) is 5.69. The Morgan fingerprint density at radius 1 is 1.28 bits per heavy atom. The molecule has 0 saturated heterocycles. The molecule has 0 spiro atoms. The summed E-state index contributed by atoms with van der Waals surface area (Å²) >= 11 is 0. The van der Waals surface area contributed by atoms with Gasteiger partial charge < -0.3 is 19.8 Å². The maximum Gasteiger partial charge on any atom is 0.142 e. The second-order valence-electron chi connectivity index (χ2n) is 3.91. The lowest BCUT2D eigenvalue weighted by Crippen LogP contribution is -2.02. The Morgan fingerprint density at radius 3 is 2.72 bits per heavy atom. The van der Waals surface area contributed by atoms with Crippen molar-refractivity contribution in [2.24, 2.45) is 0 Å². The Hall–Kier alpha value is -2.17. The van der Waals surface area contributed by atoms with Crippen molar-refractivity contribution in [2.75, 3.05) is 19.5 Å². The van der Waals surface area contributed by atoms with E-state index >= 15 is 0 Å². The summed E-state index contributed by atoms with van der Waals surface area (Å²) < 4.78 is 10.5. The Kier molecular flexibility index (Phi) is 3.72. The molecule has 0 amide bonds. The Bertz CT molecular complexity index is 523. The average Bonchev–Trinajstić information content (AvgIpc) is 2.81. The van der Waals surface area contributed by atoms with Gasteiger partial charge in [-0.05, 0) is 19.1 Å². The molecule has 2 aromatic rings. The van der Waals surface area contributed by atoms with Crippen LogP contribution in [0.25, 0.3) is 0 Å². The van der Waals surface area contributed by atoms with Crippen LogP contribution in [0.15, 0.2) is 24.4 Å². The summed E-state index contributed by atoms with van der Waals surface area (Å²) in [6.45, 7) is 2.58. The first-order chi connectivity index (χ1) is 8.72. The predicted molar refractivity (Wildman–Crippen MR) is 70.2 cm³/mol. The molecule has 0 aliphatic rings. The van der Waals surface area contributed by atoms with Crippen molar-refractivity contribution in [3.8, 4) is 11.5 Å². The van der Waals surface area contributed by atoms with Gasteiger partial charge >= 0.3 is 0 Å². The third-order valence-corrected chi connectivity index (χ3v) is 2.63. The molecule has 1 aromatic carbocycles. The Labute approximate surface area is 106 Å². The molecular formula is C13H17N3O2. The molecule has 0 aliphatic carbocycles. The van der Waals surface area contributed by atoms with Gasteiger partial charge in [-0.25, -0.2) is 4.98 Å². The highest BCUT2D eigenvalue weighted by atomic mass is 16.5. The van der Waals surface area contributed by atoms with E-state index in [2.05, 4.69) is 15.3 Å². The van der Waals surface area contributed by atoms with Crippen molar-refractivity contribution >= 4 is 5.69 Å². The summed E-state index contributed by atoms with van der Waals surface area (Å²) in [6.07, 6.45) is 1.81. The van der Waals surface area contributed by atoms with Crippen molar-refractivity contribution in [3.05, 3.63) is 35.9 Å². The molecule has 18 heavy (non-hydrogen) atoms. The topological polar surface area (TPSA) is 59.2 Å². The molecule has 0 atom stereocenters. The van der Waals surface area contributed by atoms with Crippen LogP contribution in [-0.4, -0.2) is 24.2 Å². The first-order valence-electron chi connectivity index (χ1n) is 5.69. The van der Waals surface area contributed by atoms with E-state index in [-0.39, 0.29) is 0 Å². The van der Waals surface area contributed by atoms with Crippen LogP contribution in [0.3, 0.4) is 0 Å². The average molecular weight is 247 g/mol. The number of ether oxygens (including phenoxy) is 2. The van der Waals surface area contributed by atoms with E-state index in [1.807, 2.05) is 31.3 Å². The lowest BCUT2D eigenvalue weighted by Gasteiger charge is -2.11. The molecule has 0 fully saturated rings. The van der Waals surface area contributed by atoms with E-state index in [0.717, 1.165) is 28.7 Å². The number of imidazole rings is 1. The van der Waals surface area contributed by atoms with Crippen LogP contribution in [0.1, 0.15) is 11.5 Å². The summed E-state index contributed by atoms with van der Waals surface area (Å²) in [7, 11) is 3.29. The second kappa shape index (κ2) is 5.44. The van der Waals surface area contributed by atoms with Crippen LogP contribution in [0.2, 0.25) is 0 Å². The number of rotatable bonds is 5. The molecule has 5 nitrogen and oxygen atoms in total. The van der Waals surface area contributed by atoms with Crippen molar-refractivity contribution in [1.29, 1.82) is 0 Å². The van der Waals surface area contributed by atoms with E-state index in [1.165, 1.54) is 0 Å². The third-order valence-electron chi connectivity index (χ3n) is 2.63. The molecule has 0 aliphatic heterocycles. The van der Waals surface area contributed by atoms with Gasteiger partial charge in [-0.2, -0.15) is 0 Å². The van der Waals surface area contributed by atoms with Crippen molar-refractivity contribution < 1.29 is 9.47 Å². The zero-order chi connectivity index (χ0) is 13.0. The number of hydrogen-bond donors (Lipinski definition) is 2. The molecule has 0 saturated carbocycles. The van der Waals surface area contributed by atoms with E-state index in [0.29, 0.717) is 6.54 Å². The molecule has 2 rings (SSSR count). The second-order valence-corrected chi connectivity index (χ2v) is 3.91. The molecule has 0 bridgehead atoms. The number of aromatic nitrogens is 2. The van der Waals surface area contributed by atoms with E-state index in [4.69, 9.17) is 9.47 Å². The van der Waals surface area contributed by atoms with Crippen LogP contribution < -0.4 is 14.8 Å². The number of benzene rings is 1. The number of nitrogens with zero attached hydrogens (tertiary/aromatic N) is 1. The monoisotopic (exact) mass is 247 g/mol. The van der Waals surface area contributed by atoms with Gasteiger partial charge in [0.25, 0.3) is 0 Å². The van der Waals surface area contributed by atoms with Gasteiger partial charge in [0.1, 0.15) is 17.3 Å². The molecule has 0 unspecified atom stereocenters. The standard InChI is InChI=1S/C13H17N3O2/c1-9-14-7-10(16-9)8-15-12-6-11(17-2)4-5-13(12)18-3/h4-7,15H,8H2,1-3H3,(H,14,16). The van der Waals surface area contributed by atoms with Crippen molar-refractivity contribution in [2.45, 2.75) is 13.5 Å². The van der Waals surface area contributed by atoms with Gasteiger partial charge in [0.05, 0.1) is 38.3 Å². The van der Waals surface area contributed by atoms with E-state index in [9.17, 15) is 0 Å². The Morgan fingerprint density at radius 2 is 2.11 bits per heavy atom. The minimum atomic E-state index is 0.657. The summed E-state index contributed by atoms with van der Waals surface area (Å²) in [4.78, 5) is 7.32. The van der Waals surface area contributed by atoms with Crippen LogP contribution in [-0.2, 0) is 6.54 Å². The largest absolute Gasteiger partial charge is 0.497 e. The highest BCUT2D eigenvalue weighted by Gasteiger charge is 2.05. The summed E-state index contributed by atoms with van der Waals surface area (Å²) in [5, 5.41) is 3.29. The highest BCUT2D eigenvalue weighted by Crippen LogP contribution is 2.29. The number of H-pyrrole nitrogens is 1. The molecule has 5 heteroatoms. The van der Waals surface area contributed by atoms with Crippen molar-refractivity contribution in [1.82, 2.24) is 9.97 Å². The van der Waals surface area contributed by atoms with Gasteiger partial charge in [0.15, 0.2) is 0 Å². The molecule has 2 N–H and O–H groups in total. The fourth-order valence-electron chi connectivity index (χ4n) is 1.70. The van der Waals surface area contributed by atoms with Gasteiger partial charge in [-0.3, -0.25) is 0 Å². The maximum atomic E-state index is 5.29. The zero-order valence-corrected chi connectivity index (χ0v) is 10.8. The van der Waals surface area contributed by atoms with Gasteiger partial charge in [0, 0.05) is 6.07 Å². The molecule has 96 valence electrons. The smallest absolute Gasteiger partial charge is 0.142 e. The van der Waals surface area contributed by atoms with Crippen LogP contribution in [0.4, 0.5) is 5.69 Å². The first kappa shape index (κ1) is 12.3. The minimum absolute atomic E-state index is 0.657. The fraction of sp³-hybridized carbons (Fsp3) is 0.308. The molecule has 1 heterocycles. The number of nitrogens with one attached hydrogen (secondary N) is 2. The quantitative estimate of drug-likeness (QED) is 0.851. The molecule has 1 aromatic heterocycles. The maximum absolute atomic E-state index is 5.29. The number of anilines is 1. The summed E-state index contributed by atoms with van der Waals surface area (Å²) in [5.41, 5.74) is 1.92. The van der Waals surface area contributed by atoms with Gasteiger partial charge in [0.2, 0.25) is 0 Å². The van der Waals surface area contributed by atoms with Gasteiger partial charge in [-0.15, -0.1) is 0 Å². The number of aromatic amines is 1. The van der Waals surface area contributed by atoms with E-state index in [1.54, 1.807) is 14.2 Å². The molecular weight excluding hydrogens is 230 g/mol. The van der Waals surface area contributed by atoms with E-state index < -0.39 is 0 Å². The fourth-order valence-corrected chi connectivity index (χ4v) is 1.70. The lowest BCUT2D eigenvalue weighted by atomic mass is 10.2. The Balaban J connectivity index is 2.11. The number of methoxy groups -OCH3 is 2. The van der Waals surface area contributed by atoms with Gasteiger partial charge in [-0.1, -0.05) is 0 Å². The van der Waals surface area contributed by atoms with Crippen LogP contribution in [0.5, 0.6) is 11.5 Å². The number of hydrogen-bond acceptors (Lipinski definition) is 4. The predicted octanol–water partition coefficient (Wildman–Crippen LogP) is 2.35. The van der Waals surface area contributed by atoms with Crippen LogP contribution >= 0.6 is 0 Å². The minimum Gasteiger partial charge on any atom is -0.497 e. The highest BCUT2D eigenvalue weighted by molar-refractivity contribution is 5.59. The normalized spacial score (nSPS) is 10.2. The summed E-state index contributed by atoms with van der Waals surface area (Å²) in [6, 6.07) is 5.64. The zero-order valence-electron chi connectivity index (χ0n) is 10.8. The number of aryl methyl sites for hydroxylation is 1. The SMILES string of the molecule is COc1ccc(OC)c(NCc2cnc(C)[nH]2)c1. The third kappa shape index (κ3) is 2.74. The lowest BCUT2D eigenvalue weighted by molar-refractivity contribution is 0.404. The molecule has 0 radical (unpaired) electrons. The van der Waals surface area contributed by atoms with Crippen LogP contribution in [0, 0.1) is 6.92 Å². The summed E-state index contributed by atoms with van der Waals surface area (Å²) in [5.74, 6) is 2.48. The van der Waals surface area contributed by atoms with Crippen molar-refractivity contribution in [3.63, 3.8) is 0 Å².